The van der Waals surface area contributed by atoms with E-state index in [2.05, 4.69) is 71.5 Å². The van der Waals surface area contributed by atoms with Crippen LogP contribution in [0.15, 0.2) is 108 Å². The molecule has 0 N–H and O–H groups in total. The Morgan fingerprint density at radius 3 is 2.04 bits per heavy atom. The summed E-state index contributed by atoms with van der Waals surface area (Å²) in [5.41, 5.74) is 13.3. The van der Waals surface area contributed by atoms with E-state index >= 15 is 4.79 Å². The highest BCUT2D eigenvalue weighted by Crippen LogP contribution is 2.76. The van der Waals surface area contributed by atoms with Gasteiger partial charge >= 0.3 is 5.97 Å². The maximum absolute atomic E-state index is 16.1. The van der Waals surface area contributed by atoms with Gasteiger partial charge in [0.2, 0.25) is 6.29 Å². The summed E-state index contributed by atoms with van der Waals surface area (Å²) in [5, 5.41) is 4.36. The van der Waals surface area contributed by atoms with Gasteiger partial charge < -0.3 is 56.9 Å². The zero-order valence-electron chi connectivity index (χ0n) is 54.9. The van der Waals surface area contributed by atoms with Gasteiger partial charge in [0.15, 0.2) is 18.4 Å². The number of rotatable bonds is 22. The molecule has 0 aromatic heterocycles. The van der Waals surface area contributed by atoms with Gasteiger partial charge in [-0.2, -0.15) is 0 Å². The number of aldehydes is 1. The second-order valence-corrected chi connectivity index (χ2v) is 30.0. The summed E-state index contributed by atoms with van der Waals surface area (Å²) in [5.74, 6) is -1.02. The Bertz CT molecular complexity index is 2960. The number of hydrogen-bond acceptors (Lipinski definition) is 14. The van der Waals surface area contributed by atoms with E-state index in [0.717, 1.165) is 68.1 Å². The van der Waals surface area contributed by atoms with Crippen LogP contribution in [-0.4, -0.2) is 107 Å². The van der Waals surface area contributed by atoms with Gasteiger partial charge in [0.25, 0.3) is 0 Å². The van der Waals surface area contributed by atoms with Crippen LogP contribution in [0.2, 0.25) is 0 Å². The van der Waals surface area contributed by atoms with Crippen LogP contribution in [-0.2, 0) is 81.5 Å². The Hall–Kier alpha value is -4.55. The molecule has 3 aromatic carbocycles. The first-order valence-electron chi connectivity index (χ1n) is 33.4. The molecule has 3 saturated heterocycles. The van der Waals surface area contributed by atoms with Crippen molar-refractivity contribution in [2.75, 3.05) is 33.0 Å². The zero-order chi connectivity index (χ0) is 63.0. The molecule has 10 unspecified atom stereocenters. The number of fused-ring (bicyclic) bond motifs is 7. The van der Waals surface area contributed by atoms with E-state index in [0.29, 0.717) is 50.4 Å². The number of carbonyl (C=O) groups is 2. The van der Waals surface area contributed by atoms with E-state index in [1.54, 1.807) is 0 Å². The van der Waals surface area contributed by atoms with Crippen LogP contribution in [0.3, 0.4) is 0 Å². The molecule has 3 heterocycles. The molecular weight excluding hydrogens is 1130 g/mol. The molecule has 20 atom stereocenters. The molecule has 89 heavy (non-hydrogen) atoms. The van der Waals surface area contributed by atoms with Crippen molar-refractivity contribution < 1.29 is 61.7 Å². The number of ether oxygens (including phenoxy) is 11. The first-order chi connectivity index (χ1) is 42.6. The quantitative estimate of drug-likeness (QED) is 0.0135. The predicted octanol–water partition coefficient (Wildman–Crippen LogP) is 14.5. The van der Waals surface area contributed by atoms with E-state index < -0.39 is 60.3 Å². The summed E-state index contributed by atoms with van der Waals surface area (Å²) in [6, 6.07) is 29.3. The number of allylic oxidation sites excluding steroid dienone is 2. The summed E-state index contributed by atoms with van der Waals surface area (Å²) >= 11 is 0. The first-order valence-corrected chi connectivity index (χ1v) is 33.4. The van der Waals surface area contributed by atoms with Gasteiger partial charge in [-0.15, -0.1) is 0 Å². The molecule has 0 amide bonds. The largest absolute Gasteiger partial charge is 0.432 e. The summed E-state index contributed by atoms with van der Waals surface area (Å²) in [4.78, 5) is 32.6. The van der Waals surface area contributed by atoms with Gasteiger partial charge in [-0.3, -0.25) is 4.79 Å². The second-order valence-electron chi connectivity index (χ2n) is 30.0. The average molecular weight is 1230 g/mol. The SMILES string of the molecule is CC1C(OCc2ccccc2)[C@H](OCc2ccccc2)CO[C@H]1OCCOC(OC1C(C)[C@@H](N=[N+]=[N-])C(COCc2ccccc2)O[C@H]1OC(=O)[C@]12CCC(C)(C)CC1C1=CCC3C4(C)CC[C@H](C)[C@](C)(C=O)[C@@H]4CC[C@@]3(C)[C@]1(C)CC2)C1COC(C)(C)O1. The molecule has 486 valence electrons. The Morgan fingerprint density at radius 2 is 1.39 bits per heavy atom. The first kappa shape index (κ1) is 65.9. The Morgan fingerprint density at radius 1 is 0.730 bits per heavy atom. The third kappa shape index (κ3) is 13.1. The van der Waals surface area contributed by atoms with E-state index in [4.69, 9.17) is 52.1 Å². The van der Waals surface area contributed by atoms with Crippen molar-refractivity contribution in [1.29, 1.82) is 0 Å². The number of esters is 1. The number of hydrogen-bond donors (Lipinski definition) is 0. The molecule has 4 saturated carbocycles. The van der Waals surface area contributed by atoms with Gasteiger partial charge in [0.1, 0.15) is 24.6 Å². The Balaban J connectivity index is 0.850. The normalized spacial score (nSPS) is 40.0. The molecule has 11 rings (SSSR count). The molecule has 3 aliphatic heterocycles. The Labute approximate surface area is 529 Å². The number of carbonyl (C=O) groups excluding carboxylic acids is 2. The molecule has 8 aliphatic rings. The van der Waals surface area contributed by atoms with Crippen molar-refractivity contribution in [2.24, 2.45) is 73.1 Å². The molecule has 7 fully saturated rings. The predicted molar refractivity (Wildman–Crippen MR) is 336 cm³/mol. The van der Waals surface area contributed by atoms with E-state index in [1.807, 2.05) is 112 Å². The van der Waals surface area contributed by atoms with Crippen LogP contribution in [0.1, 0.15) is 157 Å². The molecule has 5 aliphatic carbocycles. The minimum absolute atomic E-state index is 0.0187. The monoisotopic (exact) mass is 1230 g/mol. The van der Waals surface area contributed by atoms with Crippen molar-refractivity contribution in [2.45, 2.75) is 221 Å². The van der Waals surface area contributed by atoms with Crippen LogP contribution in [0.4, 0.5) is 0 Å². The molecule has 0 radical (unpaired) electrons. The third-order valence-corrected chi connectivity index (χ3v) is 23.9. The fourth-order valence-corrected chi connectivity index (χ4v) is 18.2. The van der Waals surface area contributed by atoms with Gasteiger partial charge in [0.05, 0.1) is 76.5 Å². The lowest BCUT2D eigenvalue weighted by Crippen LogP contribution is -2.65. The minimum atomic E-state index is -1.26. The average Bonchev–Trinajstić information content (AvgIpc) is 0.850. The molecule has 0 spiro atoms. The highest BCUT2D eigenvalue weighted by atomic mass is 16.8. The van der Waals surface area contributed by atoms with Gasteiger partial charge in [-0.1, -0.05) is 170 Å². The van der Waals surface area contributed by atoms with Crippen LogP contribution in [0, 0.1) is 68.0 Å². The van der Waals surface area contributed by atoms with Crippen LogP contribution in [0.5, 0.6) is 0 Å². The summed E-state index contributed by atoms with van der Waals surface area (Å²) in [6.07, 6.45) is 6.77. The fourth-order valence-electron chi connectivity index (χ4n) is 18.2. The van der Waals surface area contributed by atoms with Crippen molar-refractivity contribution in [1.82, 2.24) is 0 Å². The fraction of sp³-hybridized carbons (Fsp3) is 0.699. The topological polar surface area (TPSA) is 184 Å². The van der Waals surface area contributed by atoms with Crippen molar-refractivity contribution in [3.63, 3.8) is 0 Å². The minimum Gasteiger partial charge on any atom is -0.432 e. The number of nitrogens with zero attached hydrogens (tertiary/aromatic N) is 3. The lowest BCUT2D eigenvalue weighted by Gasteiger charge is -2.71. The highest BCUT2D eigenvalue weighted by Gasteiger charge is 2.70. The van der Waals surface area contributed by atoms with Crippen molar-refractivity contribution >= 4 is 12.3 Å². The van der Waals surface area contributed by atoms with Crippen LogP contribution < -0.4 is 0 Å². The molecular formula is C73H101N3O13. The molecule has 3 aromatic rings. The molecule has 16 heteroatoms. The standard InChI is InChI=1S/C73H101N3O13/c1-47-29-31-69(8)58(70(47,9)46-77)30-32-72(11)59(69)28-27-53-54-39-67(4,5)33-35-73(54,36-34-71(53,72)10)66(78)88-65-62(48(2)60(75-76-74)55(86-65)43-79-40-50-21-15-12-16-22-50)87-64(57-45-85-68(6,7)89-57)81-38-37-80-63-49(3)61(83-42-52-25-19-14-20-26-52)56(44-84-63)82-41-51-23-17-13-18-24-51/h12-27,46-49,54-65H,28-45H2,1-11H3/t47-,48?,49?,54?,55?,56+,57?,58+,59?,60+,61?,62?,63+,64?,65-,69?,70-,71+,72+,73-/m0/s1. The van der Waals surface area contributed by atoms with Gasteiger partial charge in [-0.25, -0.2) is 0 Å². The summed E-state index contributed by atoms with van der Waals surface area (Å²) < 4.78 is 73.0. The number of benzene rings is 3. The highest BCUT2D eigenvalue weighted by molar-refractivity contribution is 5.79. The maximum Gasteiger partial charge on any atom is 0.315 e. The van der Waals surface area contributed by atoms with Gasteiger partial charge in [-0.05, 0) is 152 Å². The zero-order valence-corrected chi connectivity index (χ0v) is 54.9. The lowest BCUT2D eigenvalue weighted by atomic mass is 9.33. The molecule has 16 nitrogen and oxygen atoms in total. The van der Waals surface area contributed by atoms with Gasteiger partial charge in [0, 0.05) is 16.2 Å². The van der Waals surface area contributed by atoms with Crippen LogP contribution >= 0.6 is 0 Å². The van der Waals surface area contributed by atoms with E-state index in [1.165, 1.54) is 11.9 Å². The van der Waals surface area contributed by atoms with Crippen molar-refractivity contribution in [3.8, 4) is 0 Å². The summed E-state index contributed by atoms with van der Waals surface area (Å²) in [6.45, 7) is 26.3. The van der Waals surface area contributed by atoms with E-state index in [9.17, 15) is 10.3 Å². The molecule has 0 bridgehead atoms. The Kier molecular flexibility index (Phi) is 19.9. The van der Waals surface area contributed by atoms with E-state index in [-0.39, 0.29) is 90.1 Å². The van der Waals surface area contributed by atoms with Crippen molar-refractivity contribution in [3.05, 3.63) is 130 Å². The second kappa shape index (κ2) is 26.8. The smallest absolute Gasteiger partial charge is 0.315 e. The van der Waals surface area contributed by atoms with Crippen LogP contribution in [0.25, 0.3) is 10.4 Å². The number of azide groups is 1. The third-order valence-electron chi connectivity index (χ3n) is 23.9. The lowest BCUT2D eigenvalue weighted by molar-refractivity contribution is -0.320. The maximum atomic E-state index is 16.1. The summed E-state index contributed by atoms with van der Waals surface area (Å²) in [7, 11) is 0.